The average Bonchev–Trinajstić information content (AvgIpc) is 2.72. The molecule has 160 valence electrons. The van der Waals surface area contributed by atoms with Crippen molar-refractivity contribution in [2.75, 3.05) is 12.8 Å². The van der Waals surface area contributed by atoms with Crippen LogP contribution in [0.25, 0.3) is 0 Å². The van der Waals surface area contributed by atoms with Gasteiger partial charge >= 0.3 is 0 Å². The molecule has 0 aliphatic heterocycles. The smallest absolute Gasteiger partial charge is 0.200 e. The first-order chi connectivity index (χ1) is 13.7. The number of hydrogen-bond acceptors (Lipinski definition) is 2. The summed E-state index contributed by atoms with van der Waals surface area (Å²) in [5.41, 5.74) is 0.529. The first-order valence-electron chi connectivity index (χ1n) is 11.2. The minimum atomic E-state index is -0.815. The van der Waals surface area contributed by atoms with Crippen LogP contribution in [0.2, 0.25) is 0 Å². The molecule has 0 saturated heterocycles. The predicted octanol–water partition coefficient (Wildman–Crippen LogP) is 7.49. The van der Waals surface area contributed by atoms with Crippen LogP contribution in [0.15, 0.2) is 12.1 Å². The number of rotatable bonds is 14. The molecule has 1 N–H and O–H groups in total. The Morgan fingerprint density at radius 1 is 0.821 bits per heavy atom. The number of hydrogen-bond donors (Lipinski definition) is 1. The molecule has 5 heteroatoms. The third-order valence-corrected chi connectivity index (χ3v) is 6.39. The van der Waals surface area contributed by atoms with Crippen molar-refractivity contribution in [3.63, 3.8) is 0 Å². The van der Waals surface area contributed by atoms with E-state index in [2.05, 4.69) is 0 Å². The van der Waals surface area contributed by atoms with E-state index >= 15 is 0 Å². The van der Waals surface area contributed by atoms with Crippen LogP contribution in [0.3, 0.4) is 0 Å². The molecule has 2 rings (SSSR count). The van der Waals surface area contributed by atoms with E-state index in [1.165, 1.54) is 44.9 Å². The number of halogens is 2. The maximum Gasteiger partial charge on any atom is 0.200 e. The lowest BCUT2D eigenvalue weighted by Gasteiger charge is -2.23. The molecule has 1 atom stereocenters. The topological polar surface area (TPSA) is 29.5 Å². The normalized spacial score (nSPS) is 15.5. The Bertz CT molecular complexity index is 548. The van der Waals surface area contributed by atoms with Crippen LogP contribution >= 0.6 is 8.81 Å². The van der Waals surface area contributed by atoms with E-state index in [4.69, 9.17) is 9.63 Å². The molecule has 1 aliphatic rings. The Morgan fingerprint density at radius 3 is 2.07 bits per heavy atom. The van der Waals surface area contributed by atoms with Crippen molar-refractivity contribution < 1.29 is 18.4 Å². The van der Waals surface area contributed by atoms with Gasteiger partial charge in [0.05, 0.1) is 6.61 Å². The van der Waals surface area contributed by atoms with Gasteiger partial charge in [0.2, 0.25) is 5.82 Å². The lowest BCUT2D eigenvalue weighted by molar-refractivity contribution is 0.283. The van der Waals surface area contributed by atoms with Gasteiger partial charge in [-0.1, -0.05) is 70.3 Å². The Kier molecular flexibility index (Phi) is 12.0. The van der Waals surface area contributed by atoms with E-state index in [0.717, 1.165) is 51.1 Å². The Balaban J connectivity index is 1.57. The minimum Gasteiger partial charge on any atom is -0.490 e. The van der Waals surface area contributed by atoms with Crippen LogP contribution in [0, 0.1) is 11.6 Å². The summed E-state index contributed by atoms with van der Waals surface area (Å²) >= 11 is 0. The molecule has 0 bridgehead atoms. The third kappa shape index (κ3) is 8.33. The van der Waals surface area contributed by atoms with Gasteiger partial charge in [-0.2, -0.15) is 4.39 Å². The fraction of sp³-hybridized carbons (Fsp3) is 0.739. The molecular formula is C23H37F2O2P. The van der Waals surface area contributed by atoms with E-state index in [0.29, 0.717) is 12.2 Å². The van der Waals surface area contributed by atoms with E-state index in [1.807, 2.05) is 0 Å². The van der Waals surface area contributed by atoms with Crippen LogP contribution in [0.5, 0.6) is 5.75 Å². The first kappa shape index (κ1) is 23.5. The summed E-state index contributed by atoms with van der Waals surface area (Å²) in [6.07, 6.45) is 16.8. The van der Waals surface area contributed by atoms with Crippen molar-refractivity contribution in [2.45, 2.75) is 95.8 Å². The molecule has 28 heavy (non-hydrogen) atoms. The highest BCUT2D eigenvalue weighted by Gasteiger charge is 2.22. The van der Waals surface area contributed by atoms with E-state index in [-0.39, 0.29) is 20.5 Å². The summed E-state index contributed by atoms with van der Waals surface area (Å²) in [6, 6.07) is 3.34. The van der Waals surface area contributed by atoms with Gasteiger partial charge in [-0.05, 0) is 49.4 Å². The van der Waals surface area contributed by atoms with Crippen molar-refractivity contribution in [1.29, 1.82) is 0 Å². The monoisotopic (exact) mass is 414 g/mol. The zero-order valence-electron chi connectivity index (χ0n) is 17.2. The summed E-state index contributed by atoms with van der Waals surface area (Å²) in [5.74, 6) is -1.30. The van der Waals surface area contributed by atoms with Crippen molar-refractivity contribution in [3.8, 4) is 5.75 Å². The molecule has 1 aromatic carbocycles. The summed E-state index contributed by atoms with van der Waals surface area (Å²) in [6.45, 7) is 0.446. The van der Waals surface area contributed by atoms with Gasteiger partial charge in [-0.15, -0.1) is 0 Å². The second-order valence-electron chi connectivity index (χ2n) is 8.05. The molecule has 0 spiro atoms. The summed E-state index contributed by atoms with van der Waals surface area (Å²) in [5, 5.41) is 0. The van der Waals surface area contributed by atoms with Crippen LogP contribution in [-0.4, -0.2) is 17.7 Å². The summed E-state index contributed by atoms with van der Waals surface area (Å²) < 4.78 is 34.3. The summed E-state index contributed by atoms with van der Waals surface area (Å²) in [4.78, 5) is 8.76. The lowest BCUT2D eigenvalue weighted by Crippen LogP contribution is -2.09. The van der Waals surface area contributed by atoms with Crippen molar-refractivity contribution in [1.82, 2.24) is 0 Å². The molecule has 1 aromatic rings. The van der Waals surface area contributed by atoms with Crippen molar-refractivity contribution in [2.24, 2.45) is 0 Å². The maximum atomic E-state index is 14.4. The second-order valence-corrected chi connectivity index (χ2v) is 8.87. The average molecular weight is 415 g/mol. The van der Waals surface area contributed by atoms with Crippen molar-refractivity contribution in [3.05, 3.63) is 29.3 Å². The van der Waals surface area contributed by atoms with Gasteiger partial charge < -0.3 is 9.63 Å². The molecule has 0 aromatic heterocycles. The highest BCUT2D eigenvalue weighted by atomic mass is 31.1. The van der Waals surface area contributed by atoms with Crippen molar-refractivity contribution >= 4 is 8.81 Å². The molecular weight excluding hydrogens is 377 g/mol. The van der Waals surface area contributed by atoms with Gasteiger partial charge in [0.1, 0.15) is 0 Å². The molecule has 0 amide bonds. The van der Waals surface area contributed by atoms with Crippen LogP contribution in [-0.2, 0) is 0 Å². The summed E-state index contributed by atoms with van der Waals surface area (Å²) in [7, 11) is 0.101. The first-order valence-corrected chi connectivity index (χ1v) is 12.4. The molecule has 1 fully saturated rings. The number of unbranched alkanes of at least 4 members (excludes halogenated alkanes) is 8. The van der Waals surface area contributed by atoms with Crippen LogP contribution in [0.1, 0.15) is 101 Å². The lowest BCUT2D eigenvalue weighted by atomic mass is 9.84. The zero-order valence-corrected chi connectivity index (χ0v) is 18.2. The molecule has 1 unspecified atom stereocenters. The minimum absolute atomic E-state index is 0.0561. The maximum absolute atomic E-state index is 14.4. The Hall–Kier alpha value is -0.730. The molecule has 1 aliphatic carbocycles. The highest BCUT2D eigenvalue weighted by molar-refractivity contribution is 7.31. The van der Waals surface area contributed by atoms with Crippen LogP contribution in [0.4, 0.5) is 8.78 Å². The van der Waals surface area contributed by atoms with Gasteiger partial charge in [0.25, 0.3) is 0 Å². The zero-order chi connectivity index (χ0) is 20.0. The van der Waals surface area contributed by atoms with E-state index < -0.39 is 11.6 Å². The highest BCUT2D eigenvalue weighted by Crippen LogP contribution is 2.36. The SMILES string of the molecule is OPCCCCCCCCCCCOc1ccc(C2CCCCC2)c(F)c1F. The molecule has 2 nitrogen and oxygen atoms in total. The third-order valence-electron chi connectivity index (χ3n) is 5.81. The van der Waals surface area contributed by atoms with Gasteiger partial charge in [-0.25, -0.2) is 4.39 Å². The quantitative estimate of drug-likeness (QED) is 0.252. The second kappa shape index (κ2) is 14.3. The number of ether oxygens (including phenoxy) is 1. The fourth-order valence-corrected chi connectivity index (χ4v) is 4.52. The predicted molar refractivity (Wildman–Crippen MR) is 115 cm³/mol. The van der Waals surface area contributed by atoms with Gasteiger partial charge in [0, 0.05) is 8.81 Å². The van der Waals surface area contributed by atoms with Crippen LogP contribution < -0.4 is 4.74 Å². The van der Waals surface area contributed by atoms with E-state index in [9.17, 15) is 8.78 Å². The largest absolute Gasteiger partial charge is 0.490 e. The molecule has 1 saturated carbocycles. The van der Waals surface area contributed by atoms with Gasteiger partial charge in [0.15, 0.2) is 11.6 Å². The fourth-order valence-electron chi connectivity index (χ4n) is 4.11. The van der Waals surface area contributed by atoms with Gasteiger partial charge in [-0.3, -0.25) is 0 Å². The Labute approximate surface area is 171 Å². The number of benzene rings is 1. The Morgan fingerprint density at radius 2 is 1.43 bits per heavy atom. The molecule has 0 radical (unpaired) electrons. The molecule has 0 heterocycles. The standard InChI is InChI=1S/C23H37F2O2P/c24-22-20(19-13-9-8-10-14-19)15-16-21(23(22)25)27-17-11-6-4-2-1-3-5-7-12-18-28-26/h15-16,19,26,28H,1-14,17-18H2. The van der Waals surface area contributed by atoms with E-state index in [1.54, 1.807) is 12.1 Å².